The van der Waals surface area contributed by atoms with E-state index in [0.717, 1.165) is 24.0 Å². The molecule has 0 spiro atoms. The van der Waals surface area contributed by atoms with E-state index in [1.165, 1.54) is 25.9 Å². The lowest BCUT2D eigenvalue weighted by molar-refractivity contribution is 0.174. The van der Waals surface area contributed by atoms with Gasteiger partial charge in [0.2, 0.25) is 0 Å². The van der Waals surface area contributed by atoms with E-state index in [1.807, 2.05) is 10.7 Å². The summed E-state index contributed by atoms with van der Waals surface area (Å²) in [7, 11) is 0. The highest BCUT2D eigenvalue weighted by Gasteiger charge is 2.21. The van der Waals surface area contributed by atoms with Crippen LogP contribution in [0.5, 0.6) is 0 Å². The van der Waals surface area contributed by atoms with Crippen molar-refractivity contribution < 1.29 is 0 Å². The average Bonchev–Trinajstić information content (AvgIpc) is 2.59. The molecule has 1 aliphatic heterocycles. The zero-order valence-electron chi connectivity index (χ0n) is 12.1. The van der Waals surface area contributed by atoms with Crippen LogP contribution in [0, 0.1) is 5.92 Å². The van der Waals surface area contributed by atoms with Crippen LogP contribution in [-0.2, 0) is 12.1 Å². The molecule has 4 nitrogen and oxygen atoms in total. The molecule has 1 aromatic rings. The summed E-state index contributed by atoms with van der Waals surface area (Å²) in [6, 6.07) is 2.02. The number of aromatic nitrogens is 2. The number of nitrogens with zero attached hydrogens (tertiary/aromatic N) is 3. The van der Waals surface area contributed by atoms with E-state index in [1.54, 1.807) is 0 Å². The Hall–Kier alpha value is -1.03. The molecule has 1 aliphatic rings. The Morgan fingerprint density at radius 3 is 2.72 bits per heavy atom. The molecule has 0 radical (unpaired) electrons. The van der Waals surface area contributed by atoms with Crippen LogP contribution < -0.4 is 5.73 Å². The quantitative estimate of drug-likeness (QED) is 0.877. The smallest absolute Gasteiger partial charge is 0.122 e. The highest BCUT2D eigenvalue weighted by molar-refractivity contribution is 5.32. The highest BCUT2D eigenvalue weighted by atomic mass is 15.4. The van der Waals surface area contributed by atoms with Gasteiger partial charge in [-0.25, -0.2) is 4.68 Å². The van der Waals surface area contributed by atoms with Crippen molar-refractivity contribution in [1.29, 1.82) is 0 Å². The molecular weight excluding hydrogens is 224 g/mol. The number of nitrogen functional groups attached to an aromatic ring is 1. The molecule has 0 aromatic carbocycles. The summed E-state index contributed by atoms with van der Waals surface area (Å²) in [4.78, 5) is 2.49. The Labute approximate surface area is 110 Å². The van der Waals surface area contributed by atoms with Crippen LogP contribution in [0.1, 0.15) is 46.2 Å². The summed E-state index contributed by atoms with van der Waals surface area (Å²) >= 11 is 0. The lowest BCUT2D eigenvalue weighted by atomic mass is 10.0. The molecule has 0 amide bonds. The molecule has 1 fully saturated rings. The van der Waals surface area contributed by atoms with Gasteiger partial charge in [0.15, 0.2) is 0 Å². The summed E-state index contributed by atoms with van der Waals surface area (Å²) in [6.45, 7) is 12.0. The maximum Gasteiger partial charge on any atom is 0.122 e. The molecule has 2 rings (SSSR count). The molecule has 0 bridgehead atoms. The fraction of sp³-hybridized carbons (Fsp3) is 0.786. The molecule has 0 aliphatic carbocycles. The molecule has 102 valence electrons. The SMILES string of the molecule is CC1CCCN(Cc2cc(N)n(C(C)(C)C)n2)C1. The Balaban J connectivity index is 2.06. The third kappa shape index (κ3) is 3.05. The summed E-state index contributed by atoms with van der Waals surface area (Å²) in [6.07, 6.45) is 2.66. The van der Waals surface area contributed by atoms with E-state index >= 15 is 0 Å². The van der Waals surface area contributed by atoms with Gasteiger partial charge in [0.25, 0.3) is 0 Å². The third-order valence-corrected chi connectivity index (χ3v) is 3.55. The molecule has 2 N–H and O–H groups in total. The van der Waals surface area contributed by atoms with Gasteiger partial charge in [-0.05, 0) is 46.1 Å². The van der Waals surface area contributed by atoms with Crippen molar-refractivity contribution in [2.75, 3.05) is 18.8 Å². The van der Waals surface area contributed by atoms with Crippen molar-refractivity contribution >= 4 is 5.82 Å². The van der Waals surface area contributed by atoms with Crippen molar-refractivity contribution in [3.63, 3.8) is 0 Å². The zero-order chi connectivity index (χ0) is 13.3. The molecule has 4 heteroatoms. The van der Waals surface area contributed by atoms with E-state index in [2.05, 4.69) is 37.7 Å². The first-order chi connectivity index (χ1) is 8.36. The van der Waals surface area contributed by atoms with Gasteiger partial charge < -0.3 is 5.73 Å². The average molecular weight is 250 g/mol. The van der Waals surface area contributed by atoms with E-state index < -0.39 is 0 Å². The maximum atomic E-state index is 6.04. The minimum absolute atomic E-state index is 0.0441. The van der Waals surface area contributed by atoms with Gasteiger partial charge in [-0.2, -0.15) is 5.10 Å². The van der Waals surface area contributed by atoms with Gasteiger partial charge in [-0.1, -0.05) is 6.92 Å². The van der Waals surface area contributed by atoms with Crippen LogP contribution in [-0.4, -0.2) is 27.8 Å². The van der Waals surface area contributed by atoms with E-state index in [-0.39, 0.29) is 5.54 Å². The number of rotatable bonds is 2. The molecular formula is C14H26N4. The second kappa shape index (κ2) is 4.92. The molecule has 1 atom stereocenters. The summed E-state index contributed by atoms with van der Waals surface area (Å²) < 4.78 is 1.93. The summed E-state index contributed by atoms with van der Waals surface area (Å²) in [5, 5.41) is 4.65. The van der Waals surface area contributed by atoms with Crippen LogP contribution in [0.15, 0.2) is 6.07 Å². The normalized spacial score (nSPS) is 22.3. The standard InChI is InChI=1S/C14H26N4/c1-11-6-5-7-17(9-11)10-12-8-13(15)18(16-12)14(2,3)4/h8,11H,5-7,9-10,15H2,1-4H3. The minimum Gasteiger partial charge on any atom is -0.384 e. The fourth-order valence-corrected chi connectivity index (χ4v) is 2.72. The summed E-state index contributed by atoms with van der Waals surface area (Å²) in [5.41, 5.74) is 7.09. The van der Waals surface area contributed by atoms with E-state index in [9.17, 15) is 0 Å². The topological polar surface area (TPSA) is 47.1 Å². The zero-order valence-corrected chi connectivity index (χ0v) is 12.1. The molecule has 18 heavy (non-hydrogen) atoms. The second-order valence-electron chi connectivity index (χ2n) is 6.63. The fourth-order valence-electron chi connectivity index (χ4n) is 2.72. The maximum absolute atomic E-state index is 6.04. The third-order valence-electron chi connectivity index (χ3n) is 3.55. The number of nitrogens with two attached hydrogens (primary N) is 1. The van der Waals surface area contributed by atoms with Crippen LogP contribution >= 0.6 is 0 Å². The van der Waals surface area contributed by atoms with Crippen LogP contribution in [0.4, 0.5) is 5.82 Å². The molecule has 1 aromatic heterocycles. The van der Waals surface area contributed by atoms with Crippen LogP contribution in [0.25, 0.3) is 0 Å². The predicted octanol–water partition coefficient (Wildman–Crippen LogP) is 2.45. The Morgan fingerprint density at radius 2 is 2.17 bits per heavy atom. The Bertz CT molecular complexity index is 402. The van der Waals surface area contributed by atoms with Crippen LogP contribution in [0.2, 0.25) is 0 Å². The van der Waals surface area contributed by atoms with Crippen LogP contribution in [0.3, 0.4) is 0 Å². The lowest BCUT2D eigenvalue weighted by Crippen LogP contribution is -2.34. The Kier molecular flexibility index (Phi) is 3.66. The molecule has 0 saturated carbocycles. The number of hydrogen-bond acceptors (Lipinski definition) is 3. The first kappa shape index (κ1) is 13.4. The number of anilines is 1. The van der Waals surface area contributed by atoms with E-state index in [4.69, 9.17) is 5.73 Å². The van der Waals surface area contributed by atoms with Gasteiger partial charge in [0.1, 0.15) is 5.82 Å². The molecule has 1 unspecified atom stereocenters. The first-order valence-corrected chi connectivity index (χ1v) is 6.93. The molecule has 1 saturated heterocycles. The monoisotopic (exact) mass is 250 g/mol. The highest BCUT2D eigenvalue weighted by Crippen LogP contribution is 2.21. The van der Waals surface area contributed by atoms with Crippen molar-refractivity contribution in [3.8, 4) is 0 Å². The number of hydrogen-bond donors (Lipinski definition) is 1. The van der Waals surface area contributed by atoms with Gasteiger partial charge in [0.05, 0.1) is 11.2 Å². The van der Waals surface area contributed by atoms with Crippen molar-refractivity contribution in [2.45, 2.75) is 52.6 Å². The first-order valence-electron chi connectivity index (χ1n) is 6.93. The van der Waals surface area contributed by atoms with Gasteiger partial charge in [-0.15, -0.1) is 0 Å². The molecule has 2 heterocycles. The van der Waals surface area contributed by atoms with Crippen molar-refractivity contribution in [3.05, 3.63) is 11.8 Å². The predicted molar refractivity (Wildman–Crippen MR) is 75.3 cm³/mol. The second-order valence-corrected chi connectivity index (χ2v) is 6.63. The largest absolute Gasteiger partial charge is 0.384 e. The lowest BCUT2D eigenvalue weighted by Gasteiger charge is -2.30. The minimum atomic E-state index is -0.0441. The van der Waals surface area contributed by atoms with Gasteiger partial charge in [-0.3, -0.25) is 4.90 Å². The summed E-state index contributed by atoms with van der Waals surface area (Å²) in [5.74, 6) is 1.57. The van der Waals surface area contributed by atoms with Gasteiger partial charge >= 0.3 is 0 Å². The number of likely N-dealkylation sites (tertiary alicyclic amines) is 1. The van der Waals surface area contributed by atoms with Crippen molar-refractivity contribution in [2.24, 2.45) is 5.92 Å². The number of piperidine rings is 1. The van der Waals surface area contributed by atoms with Crippen molar-refractivity contribution in [1.82, 2.24) is 14.7 Å². The van der Waals surface area contributed by atoms with Gasteiger partial charge in [0, 0.05) is 19.2 Å². The Morgan fingerprint density at radius 1 is 1.44 bits per heavy atom. The van der Waals surface area contributed by atoms with E-state index in [0.29, 0.717) is 0 Å².